The van der Waals surface area contributed by atoms with Crippen LogP contribution in [-0.2, 0) is 4.74 Å². The van der Waals surface area contributed by atoms with Gasteiger partial charge in [-0.1, -0.05) is 62.1 Å². The van der Waals surface area contributed by atoms with Gasteiger partial charge < -0.3 is 9.30 Å². The second kappa shape index (κ2) is 5.78. The van der Waals surface area contributed by atoms with Crippen LogP contribution in [0.1, 0.15) is 11.1 Å². The number of aromatic nitrogens is 1. The average molecular weight is 437 g/mol. The number of hydrogen-bond acceptors (Lipinski definition) is 2. The molecule has 1 aromatic heterocycles. The van der Waals surface area contributed by atoms with Crippen LogP contribution in [0.4, 0.5) is 0 Å². The van der Waals surface area contributed by atoms with Gasteiger partial charge in [0.1, 0.15) is 25.1 Å². The first-order chi connectivity index (χ1) is 15.4. The molecule has 3 aliphatic rings. The number of para-hydroxylation sites is 1. The third kappa shape index (κ3) is 2.03. The van der Waals surface area contributed by atoms with E-state index in [2.05, 4.69) is 91.3 Å². The van der Waals surface area contributed by atoms with Crippen LogP contribution in [0.15, 0.2) is 58.9 Å². The molecule has 4 heterocycles. The summed E-state index contributed by atoms with van der Waals surface area (Å²) >= 11 is 0. The van der Waals surface area contributed by atoms with E-state index in [-0.39, 0.29) is 12.1 Å². The van der Waals surface area contributed by atoms with Gasteiger partial charge in [-0.2, -0.15) is 0 Å². The fourth-order valence-electron chi connectivity index (χ4n) is 6.14. The zero-order chi connectivity index (χ0) is 21.9. The standard InChI is InChI=1S/C27H26N3OSi/c1-15-16-10-6-7-11-17(16)21-18-12-8-9-13-19(18)30-24(21)20(15)23-22-25(30)27(32(3,4)5)31-26(22)28-14-29(23)2/h6-14,22,26H,1-5H3/q+1. The minimum Gasteiger partial charge on any atom is -0.455 e. The van der Waals surface area contributed by atoms with Crippen molar-refractivity contribution in [1.29, 1.82) is 0 Å². The van der Waals surface area contributed by atoms with Crippen LogP contribution < -0.4 is 0 Å². The van der Waals surface area contributed by atoms with Gasteiger partial charge in [0.2, 0.25) is 0 Å². The zero-order valence-electron chi connectivity index (χ0n) is 19.1. The summed E-state index contributed by atoms with van der Waals surface area (Å²) in [5.41, 5.74) is 7.94. The molecule has 0 aliphatic carbocycles. The van der Waals surface area contributed by atoms with Gasteiger partial charge in [-0.15, -0.1) is 0 Å². The largest absolute Gasteiger partial charge is 0.455 e. The molecular weight excluding hydrogens is 410 g/mol. The van der Waals surface area contributed by atoms with Crippen molar-refractivity contribution in [3.8, 4) is 0 Å². The Hall–Kier alpha value is -3.18. The summed E-state index contributed by atoms with van der Waals surface area (Å²) in [6.45, 7) is 9.42. The van der Waals surface area contributed by atoms with Crippen LogP contribution in [0.5, 0.6) is 0 Å². The molecule has 2 atom stereocenters. The predicted molar refractivity (Wildman–Crippen MR) is 135 cm³/mol. The zero-order valence-corrected chi connectivity index (χ0v) is 20.1. The number of fused-ring (bicyclic) bond motifs is 7. The molecule has 0 bridgehead atoms. The lowest BCUT2D eigenvalue weighted by Gasteiger charge is -2.29. The fraction of sp³-hybridized carbons (Fsp3) is 0.259. The van der Waals surface area contributed by atoms with Gasteiger partial charge in [0, 0.05) is 16.3 Å². The lowest BCUT2D eigenvalue weighted by Crippen LogP contribution is -2.40. The number of aliphatic imine (C=N–C) groups is 1. The number of benzene rings is 3. The molecule has 0 spiro atoms. The Morgan fingerprint density at radius 3 is 2.41 bits per heavy atom. The summed E-state index contributed by atoms with van der Waals surface area (Å²) in [6.07, 6.45) is 1.79. The highest BCUT2D eigenvalue weighted by molar-refractivity contribution is 6.83. The molecule has 158 valence electrons. The van der Waals surface area contributed by atoms with E-state index in [1.54, 1.807) is 0 Å². The van der Waals surface area contributed by atoms with E-state index < -0.39 is 8.07 Å². The molecule has 2 unspecified atom stereocenters. The van der Waals surface area contributed by atoms with E-state index in [4.69, 9.17) is 9.73 Å². The second-order valence-electron chi connectivity index (χ2n) is 10.3. The summed E-state index contributed by atoms with van der Waals surface area (Å²) in [6, 6.07) is 17.7. The fourth-order valence-corrected chi connectivity index (χ4v) is 7.65. The Bertz CT molecular complexity index is 1610. The van der Waals surface area contributed by atoms with Crippen molar-refractivity contribution in [3.63, 3.8) is 0 Å². The third-order valence-corrected chi connectivity index (χ3v) is 9.11. The van der Waals surface area contributed by atoms with Gasteiger partial charge in [-0.3, -0.25) is 0 Å². The van der Waals surface area contributed by atoms with Crippen molar-refractivity contribution < 1.29 is 9.31 Å². The molecule has 0 amide bonds. The molecule has 3 aromatic carbocycles. The molecule has 3 aliphatic heterocycles. The summed E-state index contributed by atoms with van der Waals surface area (Å²) in [5, 5.41) is 6.51. The molecule has 32 heavy (non-hydrogen) atoms. The van der Waals surface area contributed by atoms with Gasteiger partial charge in [0.15, 0.2) is 0 Å². The minimum absolute atomic E-state index is 0.123. The molecule has 0 saturated carbocycles. The maximum Gasteiger partial charge on any atom is 0.293 e. The first-order valence-electron chi connectivity index (χ1n) is 11.4. The van der Waals surface area contributed by atoms with Crippen molar-refractivity contribution in [3.05, 3.63) is 65.0 Å². The SMILES string of the molecule is Cc1c2c3c(c4ccccc14)c1ccccc1n3C1=C([Si](C)(C)C)OC3N=C[N+](C)=C2C13. The van der Waals surface area contributed by atoms with Gasteiger partial charge in [-0.25, -0.2) is 4.58 Å². The van der Waals surface area contributed by atoms with Gasteiger partial charge in [-0.05, 0) is 34.3 Å². The highest BCUT2D eigenvalue weighted by Crippen LogP contribution is 2.52. The molecule has 0 N–H and O–H groups in total. The Morgan fingerprint density at radius 2 is 1.66 bits per heavy atom. The summed E-state index contributed by atoms with van der Waals surface area (Å²) < 4.78 is 11.5. The van der Waals surface area contributed by atoms with Crippen molar-refractivity contribution in [2.75, 3.05) is 7.05 Å². The molecule has 0 saturated heterocycles. The number of rotatable bonds is 1. The first kappa shape index (κ1) is 18.4. The molecule has 4 aromatic rings. The van der Waals surface area contributed by atoms with Gasteiger partial charge in [0.05, 0.1) is 23.8 Å². The Balaban J connectivity index is 1.84. The van der Waals surface area contributed by atoms with E-state index in [1.807, 2.05) is 6.34 Å². The Kier molecular flexibility index (Phi) is 3.32. The smallest absolute Gasteiger partial charge is 0.293 e. The summed E-state index contributed by atoms with van der Waals surface area (Å²) in [5.74, 6) is 0.123. The van der Waals surface area contributed by atoms with E-state index in [1.165, 1.54) is 60.5 Å². The van der Waals surface area contributed by atoms with E-state index >= 15 is 0 Å². The topological polar surface area (TPSA) is 29.5 Å². The van der Waals surface area contributed by atoms with Crippen LogP contribution in [0, 0.1) is 12.8 Å². The molecule has 0 fully saturated rings. The van der Waals surface area contributed by atoms with Gasteiger partial charge >= 0.3 is 0 Å². The van der Waals surface area contributed by atoms with Crippen molar-refractivity contribution in [2.45, 2.75) is 32.8 Å². The van der Waals surface area contributed by atoms with E-state index in [0.717, 1.165) is 0 Å². The Morgan fingerprint density at radius 1 is 0.969 bits per heavy atom. The second-order valence-corrected chi connectivity index (χ2v) is 15.3. The lowest BCUT2D eigenvalue weighted by molar-refractivity contribution is -0.366. The number of nitrogens with zero attached hydrogens (tertiary/aromatic N) is 3. The molecule has 4 nitrogen and oxygen atoms in total. The van der Waals surface area contributed by atoms with E-state index in [0.29, 0.717) is 0 Å². The monoisotopic (exact) mass is 436 g/mol. The summed E-state index contributed by atoms with van der Waals surface area (Å²) in [7, 11) is 0.388. The molecule has 7 rings (SSSR count). The quantitative estimate of drug-likeness (QED) is 0.275. The minimum atomic E-state index is -1.75. The predicted octanol–water partition coefficient (Wildman–Crippen LogP) is 5.76. The number of aryl methyl sites for hydroxylation is 1. The van der Waals surface area contributed by atoms with Crippen molar-refractivity contribution in [1.82, 2.24) is 4.57 Å². The van der Waals surface area contributed by atoms with E-state index in [9.17, 15) is 0 Å². The summed E-state index contributed by atoms with van der Waals surface area (Å²) in [4.78, 5) is 4.84. The average Bonchev–Trinajstić information content (AvgIpc) is 3.32. The lowest BCUT2D eigenvalue weighted by atomic mass is 9.83. The Labute approximate surface area is 188 Å². The van der Waals surface area contributed by atoms with Crippen LogP contribution in [0.3, 0.4) is 0 Å². The first-order valence-corrected chi connectivity index (χ1v) is 14.9. The maximum absolute atomic E-state index is 6.69. The highest BCUT2D eigenvalue weighted by atomic mass is 28.3. The van der Waals surface area contributed by atoms with Crippen LogP contribution in [-0.4, -0.2) is 42.5 Å². The number of hydrogen-bond donors (Lipinski definition) is 0. The normalized spacial score (nSPS) is 21.8. The van der Waals surface area contributed by atoms with Gasteiger partial charge in [0.25, 0.3) is 12.6 Å². The molecule has 5 heteroatoms. The molecular formula is C27H26N3OSi+. The number of ether oxygens (including phenoxy) is 1. The van der Waals surface area contributed by atoms with Crippen LogP contribution >= 0.6 is 0 Å². The van der Waals surface area contributed by atoms with Crippen LogP contribution in [0.2, 0.25) is 19.6 Å². The van der Waals surface area contributed by atoms with Crippen LogP contribution in [0.25, 0.3) is 38.3 Å². The van der Waals surface area contributed by atoms with Crippen molar-refractivity contribution in [2.24, 2.45) is 10.9 Å². The van der Waals surface area contributed by atoms with Crippen molar-refractivity contribution >= 4 is 58.4 Å². The molecule has 0 radical (unpaired) electrons. The third-order valence-electron chi connectivity index (χ3n) is 7.38. The highest BCUT2D eigenvalue weighted by Gasteiger charge is 2.54. The maximum atomic E-state index is 6.69.